The Bertz CT molecular complexity index is 49.2. The van der Waals surface area contributed by atoms with Crippen LogP contribution >= 0.6 is 12.1 Å². The SMILES string of the molecule is CCCCCCCCSF. The highest BCUT2D eigenvalue weighted by molar-refractivity contribution is 7.94. The van der Waals surface area contributed by atoms with Crippen molar-refractivity contribution >= 4 is 12.1 Å². The van der Waals surface area contributed by atoms with Crippen molar-refractivity contribution in [2.75, 3.05) is 5.75 Å². The van der Waals surface area contributed by atoms with Crippen molar-refractivity contribution in [3.63, 3.8) is 0 Å². The first-order chi connectivity index (χ1) is 4.91. The third kappa shape index (κ3) is 8.28. The van der Waals surface area contributed by atoms with Gasteiger partial charge in [-0.05, 0) is 6.42 Å². The van der Waals surface area contributed by atoms with E-state index in [0.717, 1.165) is 6.42 Å². The van der Waals surface area contributed by atoms with Gasteiger partial charge in [0, 0.05) is 17.9 Å². The van der Waals surface area contributed by atoms with E-state index in [0.29, 0.717) is 17.9 Å². The normalized spacial score (nSPS) is 10.2. The number of hydrogen-bond donors (Lipinski definition) is 0. The fraction of sp³-hybridized carbons (Fsp3) is 1.00. The Morgan fingerprint density at radius 1 is 1.00 bits per heavy atom. The topological polar surface area (TPSA) is 0 Å². The summed E-state index contributed by atoms with van der Waals surface area (Å²) in [6.07, 6.45) is 7.49. The molecule has 0 aliphatic heterocycles. The van der Waals surface area contributed by atoms with E-state index in [2.05, 4.69) is 6.92 Å². The lowest BCUT2D eigenvalue weighted by molar-refractivity contribution is 0.626. The monoisotopic (exact) mass is 164 g/mol. The van der Waals surface area contributed by atoms with Crippen LogP contribution < -0.4 is 0 Å². The molecule has 0 amide bonds. The fourth-order valence-corrected chi connectivity index (χ4v) is 1.25. The zero-order valence-electron chi connectivity index (χ0n) is 6.74. The van der Waals surface area contributed by atoms with Gasteiger partial charge in [-0.2, -0.15) is 3.89 Å². The predicted octanol–water partition coefficient (Wildman–Crippen LogP) is 3.96. The largest absolute Gasteiger partial charge is 0.165 e. The maximum Gasteiger partial charge on any atom is 0.0443 e. The van der Waals surface area contributed by atoms with Gasteiger partial charge in [-0.25, -0.2) is 0 Å². The summed E-state index contributed by atoms with van der Waals surface area (Å²) < 4.78 is 11.5. The minimum absolute atomic E-state index is 0.465. The zero-order valence-corrected chi connectivity index (χ0v) is 7.55. The summed E-state index contributed by atoms with van der Waals surface area (Å²) in [4.78, 5) is 0. The lowest BCUT2D eigenvalue weighted by Crippen LogP contribution is -1.79. The molecule has 0 atom stereocenters. The molecule has 62 valence electrons. The minimum Gasteiger partial charge on any atom is -0.165 e. The first kappa shape index (κ1) is 10.3. The molecule has 0 bridgehead atoms. The van der Waals surface area contributed by atoms with Crippen molar-refractivity contribution in [2.45, 2.75) is 45.4 Å². The summed E-state index contributed by atoms with van der Waals surface area (Å²) in [6.45, 7) is 2.21. The van der Waals surface area contributed by atoms with Crippen molar-refractivity contribution in [3.8, 4) is 0 Å². The van der Waals surface area contributed by atoms with Crippen LogP contribution in [0.2, 0.25) is 0 Å². The van der Waals surface area contributed by atoms with Crippen molar-refractivity contribution < 1.29 is 3.89 Å². The van der Waals surface area contributed by atoms with Gasteiger partial charge in [0.1, 0.15) is 0 Å². The van der Waals surface area contributed by atoms with Crippen LogP contribution in [-0.2, 0) is 0 Å². The molecule has 0 unspecified atom stereocenters. The van der Waals surface area contributed by atoms with Crippen LogP contribution in [-0.4, -0.2) is 5.75 Å². The van der Waals surface area contributed by atoms with Gasteiger partial charge in [-0.3, -0.25) is 0 Å². The second kappa shape index (κ2) is 9.28. The van der Waals surface area contributed by atoms with Gasteiger partial charge in [0.2, 0.25) is 0 Å². The Balaban J connectivity index is 2.65. The smallest absolute Gasteiger partial charge is 0.0443 e. The molecule has 2 heteroatoms. The molecular formula is C8H17FS. The van der Waals surface area contributed by atoms with Crippen LogP contribution in [0.25, 0.3) is 0 Å². The molecule has 0 N–H and O–H groups in total. The molecule has 0 aromatic carbocycles. The summed E-state index contributed by atoms with van der Waals surface area (Å²) in [6, 6.07) is 0. The number of hydrogen-bond acceptors (Lipinski definition) is 1. The highest BCUT2D eigenvalue weighted by Crippen LogP contribution is 2.09. The third-order valence-corrected chi connectivity index (χ3v) is 2.02. The van der Waals surface area contributed by atoms with E-state index in [1.165, 1.54) is 32.1 Å². The molecule has 0 saturated heterocycles. The van der Waals surface area contributed by atoms with Crippen molar-refractivity contribution in [1.29, 1.82) is 0 Å². The minimum atomic E-state index is 0.465. The van der Waals surface area contributed by atoms with Gasteiger partial charge in [-0.15, -0.1) is 0 Å². The highest BCUT2D eigenvalue weighted by atomic mass is 32.2. The van der Waals surface area contributed by atoms with Gasteiger partial charge in [0.05, 0.1) is 0 Å². The second-order valence-corrected chi connectivity index (χ2v) is 3.21. The Kier molecular flexibility index (Phi) is 9.54. The van der Waals surface area contributed by atoms with Gasteiger partial charge >= 0.3 is 0 Å². The van der Waals surface area contributed by atoms with Crippen LogP contribution in [0.3, 0.4) is 0 Å². The third-order valence-electron chi connectivity index (χ3n) is 1.58. The van der Waals surface area contributed by atoms with E-state index in [-0.39, 0.29) is 0 Å². The average molecular weight is 164 g/mol. The molecule has 10 heavy (non-hydrogen) atoms. The van der Waals surface area contributed by atoms with Crippen LogP contribution in [0.15, 0.2) is 0 Å². The highest BCUT2D eigenvalue weighted by Gasteiger charge is 1.89. The van der Waals surface area contributed by atoms with Crippen LogP contribution in [0.4, 0.5) is 3.89 Å². The second-order valence-electron chi connectivity index (χ2n) is 2.58. The lowest BCUT2D eigenvalue weighted by atomic mass is 10.1. The first-order valence-corrected chi connectivity index (χ1v) is 5.04. The first-order valence-electron chi connectivity index (χ1n) is 4.15. The fourth-order valence-electron chi connectivity index (χ4n) is 0.937. The van der Waals surface area contributed by atoms with E-state index in [1.54, 1.807) is 0 Å². The summed E-state index contributed by atoms with van der Waals surface area (Å²) in [5, 5.41) is 0. The van der Waals surface area contributed by atoms with Gasteiger partial charge in [0.25, 0.3) is 0 Å². The molecule has 0 aliphatic carbocycles. The Hall–Kier alpha value is 0.280. The molecule has 0 fully saturated rings. The van der Waals surface area contributed by atoms with Crippen LogP contribution in [0, 0.1) is 0 Å². The van der Waals surface area contributed by atoms with Crippen LogP contribution in [0.5, 0.6) is 0 Å². The van der Waals surface area contributed by atoms with E-state index >= 15 is 0 Å². The van der Waals surface area contributed by atoms with Gasteiger partial charge < -0.3 is 0 Å². The Morgan fingerprint density at radius 2 is 1.60 bits per heavy atom. The van der Waals surface area contributed by atoms with E-state index in [9.17, 15) is 3.89 Å². The molecule has 0 rings (SSSR count). The Morgan fingerprint density at radius 3 is 2.20 bits per heavy atom. The number of rotatable bonds is 7. The molecular weight excluding hydrogens is 147 g/mol. The lowest BCUT2D eigenvalue weighted by Gasteiger charge is -1.96. The molecule has 0 aromatic rings. The standard InChI is InChI=1S/C8H17FS/c1-2-3-4-5-6-7-8-10-9/h2-8H2,1H3. The quantitative estimate of drug-likeness (QED) is 0.513. The molecule has 0 heterocycles. The molecule has 0 spiro atoms. The maximum atomic E-state index is 11.5. The summed E-state index contributed by atoms with van der Waals surface area (Å²) >= 11 is 0.465. The van der Waals surface area contributed by atoms with Crippen molar-refractivity contribution in [1.82, 2.24) is 0 Å². The number of halogens is 1. The van der Waals surface area contributed by atoms with Gasteiger partial charge in [-0.1, -0.05) is 39.0 Å². The van der Waals surface area contributed by atoms with E-state index < -0.39 is 0 Å². The van der Waals surface area contributed by atoms with Crippen LogP contribution in [0.1, 0.15) is 45.4 Å². The van der Waals surface area contributed by atoms with E-state index in [4.69, 9.17) is 0 Å². The maximum absolute atomic E-state index is 11.5. The predicted molar refractivity (Wildman–Crippen MR) is 46.9 cm³/mol. The van der Waals surface area contributed by atoms with Crippen molar-refractivity contribution in [3.05, 3.63) is 0 Å². The summed E-state index contributed by atoms with van der Waals surface area (Å²) in [5.41, 5.74) is 0. The molecule has 0 saturated carbocycles. The summed E-state index contributed by atoms with van der Waals surface area (Å²) in [5.74, 6) is 0.687. The summed E-state index contributed by atoms with van der Waals surface area (Å²) in [7, 11) is 0. The molecule has 0 nitrogen and oxygen atoms in total. The van der Waals surface area contributed by atoms with Gasteiger partial charge in [0.15, 0.2) is 0 Å². The average Bonchev–Trinajstić information content (AvgIpc) is 1.97. The molecule has 0 aliphatic rings. The molecule has 0 radical (unpaired) electrons. The van der Waals surface area contributed by atoms with E-state index in [1.807, 2.05) is 0 Å². The number of unbranched alkanes of at least 4 members (excludes halogenated alkanes) is 5. The molecule has 0 aromatic heterocycles. The zero-order chi connectivity index (χ0) is 7.66. The van der Waals surface area contributed by atoms with Crippen molar-refractivity contribution in [2.24, 2.45) is 0 Å². The Labute approximate surface area is 67.9 Å².